The second kappa shape index (κ2) is 3.98. The average Bonchev–Trinajstić information content (AvgIpc) is 2.76. The molecule has 2 aromatic rings. The van der Waals surface area contributed by atoms with Crippen molar-refractivity contribution in [1.82, 2.24) is 9.55 Å². The molecule has 1 heterocycles. The maximum Gasteiger partial charge on any atom is 0.337 e. The number of nitrogen functional groups attached to an aromatic ring is 1. The lowest BCUT2D eigenvalue weighted by Gasteiger charge is -2.09. The van der Waals surface area contributed by atoms with E-state index in [4.69, 9.17) is 16.1 Å². The third-order valence-electron chi connectivity index (χ3n) is 2.31. The highest BCUT2D eigenvalue weighted by Gasteiger charge is 2.13. The predicted octanol–water partition coefficient (Wildman–Crippen LogP) is 1.02. The standard InChI is InChI=1S/C11H8N4O2/c12-6-9-14-4-5-15(9)8-3-1-2-7(10(8)13)11(16)17/h1-5H,13H2,(H,16,17). The van der Waals surface area contributed by atoms with Gasteiger partial charge in [-0.05, 0) is 12.1 Å². The van der Waals surface area contributed by atoms with E-state index in [1.807, 2.05) is 6.07 Å². The quantitative estimate of drug-likeness (QED) is 0.746. The molecule has 2 rings (SSSR count). The van der Waals surface area contributed by atoms with E-state index in [1.54, 1.807) is 18.3 Å². The molecule has 0 aliphatic rings. The number of nitrogens with two attached hydrogens (primary N) is 1. The first-order valence-electron chi connectivity index (χ1n) is 4.70. The van der Waals surface area contributed by atoms with E-state index in [0.29, 0.717) is 5.69 Å². The summed E-state index contributed by atoms with van der Waals surface area (Å²) in [5.74, 6) is -0.956. The van der Waals surface area contributed by atoms with Crippen LogP contribution in [0.15, 0.2) is 30.6 Å². The number of aromatic carboxylic acids is 1. The van der Waals surface area contributed by atoms with E-state index in [-0.39, 0.29) is 17.1 Å². The van der Waals surface area contributed by atoms with Crippen LogP contribution in [0.25, 0.3) is 5.69 Å². The molecule has 0 fully saturated rings. The summed E-state index contributed by atoms with van der Waals surface area (Å²) in [7, 11) is 0. The Labute approximate surface area is 96.5 Å². The highest BCUT2D eigenvalue weighted by molar-refractivity contribution is 5.95. The average molecular weight is 228 g/mol. The van der Waals surface area contributed by atoms with Crippen LogP contribution < -0.4 is 5.73 Å². The van der Waals surface area contributed by atoms with Crippen molar-refractivity contribution in [1.29, 1.82) is 5.26 Å². The van der Waals surface area contributed by atoms with Crippen molar-refractivity contribution in [2.75, 3.05) is 5.73 Å². The minimum atomic E-state index is -1.11. The Hall–Kier alpha value is -2.81. The molecule has 6 nitrogen and oxygen atoms in total. The zero-order valence-corrected chi connectivity index (χ0v) is 8.66. The second-order valence-electron chi connectivity index (χ2n) is 3.28. The van der Waals surface area contributed by atoms with E-state index >= 15 is 0 Å². The summed E-state index contributed by atoms with van der Waals surface area (Å²) in [6.07, 6.45) is 3.00. The summed E-state index contributed by atoms with van der Waals surface area (Å²) >= 11 is 0. The Morgan fingerprint density at radius 2 is 2.29 bits per heavy atom. The van der Waals surface area contributed by atoms with Gasteiger partial charge in [0.1, 0.15) is 6.07 Å². The summed E-state index contributed by atoms with van der Waals surface area (Å²) in [6.45, 7) is 0. The summed E-state index contributed by atoms with van der Waals surface area (Å²) in [5, 5.41) is 17.8. The van der Waals surface area contributed by atoms with Gasteiger partial charge in [0.05, 0.1) is 16.9 Å². The maximum absolute atomic E-state index is 10.9. The van der Waals surface area contributed by atoms with Gasteiger partial charge < -0.3 is 10.8 Å². The van der Waals surface area contributed by atoms with Gasteiger partial charge in [0, 0.05) is 12.4 Å². The number of imidazole rings is 1. The molecule has 0 radical (unpaired) electrons. The van der Waals surface area contributed by atoms with Crippen LogP contribution in [0.1, 0.15) is 16.2 Å². The zero-order chi connectivity index (χ0) is 12.4. The molecule has 1 aromatic heterocycles. The molecule has 0 saturated heterocycles. The minimum Gasteiger partial charge on any atom is -0.478 e. The molecule has 3 N–H and O–H groups in total. The number of nitrogens with zero attached hydrogens (tertiary/aromatic N) is 3. The number of anilines is 1. The number of carbonyl (C=O) groups is 1. The highest BCUT2D eigenvalue weighted by atomic mass is 16.4. The van der Waals surface area contributed by atoms with Crippen LogP contribution in [0.2, 0.25) is 0 Å². The van der Waals surface area contributed by atoms with Crippen LogP contribution in [-0.2, 0) is 0 Å². The van der Waals surface area contributed by atoms with Crippen LogP contribution >= 0.6 is 0 Å². The van der Waals surface area contributed by atoms with Crippen molar-refractivity contribution in [2.45, 2.75) is 0 Å². The lowest BCUT2D eigenvalue weighted by atomic mass is 10.1. The molecule has 0 spiro atoms. The third-order valence-corrected chi connectivity index (χ3v) is 2.31. The topological polar surface area (TPSA) is 105 Å². The van der Waals surface area contributed by atoms with Crippen molar-refractivity contribution in [3.63, 3.8) is 0 Å². The molecule has 0 saturated carbocycles. The van der Waals surface area contributed by atoms with Crippen molar-refractivity contribution in [3.05, 3.63) is 42.0 Å². The number of benzene rings is 1. The summed E-state index contributed by atoms with van der Waals surface area (Å²) in [6, 6.07) is 6.50. The number of rotatable bonds is 2. The normalized spacial score (nSPS) is 9.82. The van der Waals surface area contributed by atoms with E-state index in [1.165, 1.54) is 16.8 Å². The second-order valence-corrected chi connectivity index (χ2v) is 3.28. The molecule has 0 unspecified atom stereocenters. The monoisotopic (exact) mass is 228 g/mol. The fraction of sp³-hybridized carbons (Fsp3) is 0. The van der Waals surface area contributed by atoms with E-state index in [2.05, 4.69) is 4.98 Å². The Morgan fingerprint density at radius 1 is 1.53 bits per heavy atom. The number of carboxylic acids is 1. The van der Waals surface area contributed by atoms with Crippen molar-refractivity contribution >= 4 is 11.7 Å². The van der Waals surface area contributed by atoms with Gasteiger partial charge in [-0.25, -0.2) is 9.78 Å². The van der Waals surface area contributed by atoms with Crippen LogP contribution in [0.3, 0.4) is 0 Å². The Kier molecular flexibility index (Phi) is 2.51. The van der Waals surface area contributed by atoms with Crippen LogP contribution in [0.5, 0.6) is 0 Å². The van der Waals surface area contributed by atoms with Gasteiger partial charge in [-0.2, -0.15) is 5.26 Å². The molecular weight excluding hydrogens is 220 g/mol. The summed E-state index contributed by atoms with van der Waals surface area (Å²) in [5.41, 5.74) is 6.30. The van der Waals surface area contributed by atoms with Crippen LogP contribution in [-0.4, -0.2) is 20.6 Å². The van der Waals surface area contributed by atoms with Crippen LogP contribution in [0.4, 0.5) is 5.69 Å². The number of hydrogen-bond acceptors (Lipinski definition) is 4. The van der Waals surface area contributed by atoms with Gasteiger partial charge in [-0.15, -0.1) is 0 Å². The molecule has 17 heavy (non-hydrogen) atoms. The van der Waals surface area contributed by atoms with Gasteiger partial charge >= 0.3 is 5.97 Å². The molecule has 0 aliphatic heterocycles. The molecule has 6 heteroatoms. The van der Waals surface area contributed by atoms with Gasteiger partial charge in [0.25, 0.3) is 0 Å². The number of nitriles is 1. The molecular formula is C11H8N4O2. The molecule has 0 atom stereocenters. The fourth-order valence-corrected chi connectivity index (χ4v) is 1.53. The molecule has 0 aliphatic carbocycles. The first kappa shape index (κ1) is 10.7. The lowest BCUT2D eigenvalue weighted by molar-refractivity contribution is 0.0698. The minimum absolute atomic E-state index is 0.0000831. The number of hydrogen-bond donors (Lipinski definition) is 2. The maximum atomic E-state index is 10.9. The summed E-state index contributed by atoms with van der Waals surface area (Å²) in [4.78, 5) is 14.8. The van der Waals surface area contributed by atoms with E-state index in [0.717, 1.165) is 0 Å². The van der Waals surface area contributed by atoms with Crippen LogP contribution in [0, 0.1) is 11.3 Å². The molecule has 0 amide bonds. The number of carboxylic acid groups (broad SMARTS) is 1. The molecule has 84 valence electrons. The Bertz CT molecular complexity index is 625. The largest absolute Gasteiger partial charge is 0.478 e. The van der Waals surface area contributed by atoms with Crippen molar-refractivity contribution < 1.29 is 9.90 Å². The predicted molar refractivity (Wildman–Crippen MR) is 59.7 cm³/mol. The first-order chi connectivity index (χ1) is 8.15. The first-order valence-corrected chi connectivity index (χ1v) is 4.70. The van der Waals surface area contributed by atoms with E-state index < -0.39 is 5.97 Å². The SMILES string of the molecule is N#Cc1nccn1-c1cccc(C(=O)O)c1N. The smallest absolute Gasteiger partial charge is 0.337 e. The lowest BCUT2D eigenvalue weighted by Crippen LogP contribution is -2.07. The van der Waals surface area contributed by atoms with Gasteiger partial charge in [0.15, 0.2) is 0 Å². The molecule has 1 aromatic carbocycles. The van der Waals surface area contributed by atoms with Crippen molar-refractivity contribution in [3.8, 4) is 11.8 Å². The number of para-hydroxylation sites is 1. The highest BCUT2D eigenvalue weighted by Crippen LogP contribution is 2.22. The van der Waals surface area contributed by atoms with Gasteiger partial charge in [-0.3, -0.25) is 4.57 Å². The third kappa shape index (κ3) is 1.70. The van der Waals surface area contributed by atoms with Gasteiger partial charge in [0.2, 0.25) is 5.82 Å². The zero-order valence-electron chi connectivity index (χ0n) is 8.66. The van der Waals surface area contributed by atoms with E-state index in [9.17, 15) is 4.79 Å². The molecule has 0 bridgehead atoms. The number of aromatic nitrogens is 2. The summed E-state index contributed by atoms with van der Waals surface area (Å²) < 4.78 is 1.45. The van der Waals surface area contributed by atoms with Gasteiger partial charge in [-0.1, -0.05) is 6.07 Å². The fourth-order valence-electron chi connectivity index (χ4n) is 1.53. The Morgan fingerprint density at radius 3 is 2.94 bits per heavy atom. The van der Waals surface area contributed by atoms with Crippen molar-refractivity contribution in [2.24, 2.45) is 0 Å². The Balaban J connectivity index is 2.66.